The maximum absolute atomic E-state index is 12.4. The van der Waals surface area contributed by atoms with Crippen LogP contribution in [0.4, 0.5) is 4.39 Å². The van der Waals surface area contributed by atoms with E-state index in [1.165, 1.54) is 18.2 Å². The average molecular weight is 934 g/mol. The molecule has 0 aliphatic heterocycles. The van der Waals surface area contributed by atoms with Gasteiger partial charge in [-0.1, -0.05) is 145 Å². The molecule has 0 amide bonds. The molecule has 1 fully saturated rings. The van der Waals surface area contributed by atoms with E-state index in [0.717, 1.165) is 45.1 Å². The summed E-state index contributed by atoms with van der Waals surface area (Å²) in [4.78, 5) is 61.6. The second-order valence-electron chi connectivity index (χ2n) is 14.2. The third-order valence-electron chi connectivity index (χ3n) is 8.61. The number of aliphatic carboxylic acids is 6. The van der Waals surface area contributed by atoms with Crippen LogP contribution in [0.25, 0.3) is 0 Å². The standard InChI is InChI=1S/2C10H12O2.C9H10O2.C8H7BrO2.C8H7FO2.C4H6O2/c1-8(7-10(11)12)9-5-3-2-4-6-9;1-2-9(10(11)12)8-6-4-3-5-7-8;1-7-3-2-4-8(5-7)6-9(10)11;2*9-7-3-1-2-6(4-7)5-8(10)11;5-4(6)3-1-2-3/h2-6,8H,7H2,1H3,(H,11,12);3-7,9H,2H2,1H3,(H,11,12);2-5H,6H2,1H3,(H,10,11);2*1-4H,5H2,(H,10,11);3H,1-2H2,(H,5,6). The van der Waals surface area contributed by atoms with Crippen molar-refractivity contribution < 1.29 is 63.8 Å². The Morgan fingerprint density at radius 1 is 0.587 bits per heavy atom. The molecule has 6 rings (SSSR count). The lowest BCUT2D eigenvalue weighted by molar-refractivity contribution is -0.139. The van der Waals surface area contributed by atoms with Gasteiger partial charge >= 0.3 is 35.8 Å². The SMILES string of the molecule is CC(CC(=O)O)c1ccccc1.CCC(C(=O)O)c1ccccc1.Cc1cccc(CC(=O)O)c1.O=C(O)C1CC1.O=C(O)Cc1cccc(Br)c1.O=C(O)Cc1cccc(F)c1. The fourth-order valence-corrected chi connectivity index (χ4v) is 5.82. The second kappa shape index (κ2) is 30.4. The van der Waals surface area contributed by atoms with Crippen molar-refractivity contribution in [1.29, 1.82) is 0 Å². The van der Waals surface area contributed by atoms with Crippen molar-refractivity contribution in [2.75, 3.05) is 0 Å². The first-order valence-electron chi connectivity index (χ1n) is 19.8. The Morgan fingerprint density at radius 2 is 1.03 bits per heavy atom. The van der Waals surface area contributed by atoms with Gasteiger partial charge in [-0.2, -0.15) is 0 Å². The average Bonchev–Trinajstić information content (AvgIpc) is 4.06. The molecule has 12 nitrogen and oxygen atoms in total. The van der Waals surface area contributed by atoms with Crippen molar-refractivity contribution in [1.82, 2.24) is 0 Å². The summed E-state index contributed by atoms with van der Waals surface area (Å²) in [6, 6.07) is 39.4. The minimum absolute atomic E-state index is 0.0185. The molecule has 5 aromatic carbocycles. The van der Waals surface area contributed by atoms with Gasteiger partial charge in [-0.05, 0) is 84.2 Å². The molecule has 336 valence electrons. The van der Waals surface area contributed by atoms with E-state index in [-0.39, 0.29) is 43.4 Å². The van der Waals surface area contributed by atoms with E-state index in [1.54, 1.807) is 18.2 Å². The Labute approximate surface area is 374 Å². The van der Waals surface area contributed by atoms with Crippen molar-refractivity contribution in [3.63, 3.8) is 0 Å². The van der Waals surface area contributed by atoms with Crippen LogP contribution >= 0.6 is 15.9 Å². The summed E-state index contributed by atoms with van der Waals surface area (Å²) in [6.45, 7) is 5.75. The fraction of sp³-hybridized carbons (Fsp3) is 0.265. The maximum atomic E-state index is 12.4. The van der Waals surface area contributed by atoms with E-state index in [1.807, 2.05) is 118 Å². The van der Waals surface area contributed by atoms with Crippen molar-refractivity contribution in [3.05, 3.63) is 177 Å². The van der Waals surface area contributed by atoms with Crippen molar-refractivity contribution >= 4 is 51.7 Å². The quantitative estimate of drug-likeness (QED) is 0.0649. The summed E-state index contributed by atoms with van der Waals surface area (Å²) in [6.07, 6.45) is 2.70. The molecular formula is C49H54BrFO12. The number of carbonyl (C=O) groups is 6. The highest BCUT2D eigenvalue weighted by Gasteiger charge is 2.28. The first kappa shape index (κ1) is 54.3. The molecule has 2 unspecified atom stereocenters. The number of carboxylic acid groups (broad SMARTS) is 6. The summed E-state index contributed by atoms with van der Waals surface area (Å²) in [5, 5.41) is 50.7. The van der Waals surface area contributed by atoms with Gasteiger partial charge in [0.25, 0.3) is 0 Å². The predicted octanol–water partition coefficient (Wildman–Crippen LogP) is 10.2. The van der Waals surface area contributed by atoms with Crippen LogP contribution in [0, 0.1) is 18.7 Å². The van der Waals surface area contributed by atoms with Gasteiger partial charge < -0.3 is 30.6 Å². The van der Waals surface area contributed by atoms with Gasteiger partial charge in [-0.15, -0.1) is 0 Å². The zero-order valence-corrected chi connectivity index (χ0v) is 36.9. The molecule has 0 spiro atoms. The van der Waals surface area contributed by atoms with Crippen LogP contribution in [-0.4, -0.2) is 66.5 Å². The first-order valence-corrected chi connectivity index (χ1v) is 20.6. The van der Waals surface area contributed by atoms with Crippen LogP contribution in [0.5, 0.6) is 0 Å². The Kier molecular flexibility index (Phi) is 26.2. The molecule has 1 saturated carbocycles. The van der Waals surface area contributed by atoms with Gasteiger partial charge in [0.15, 0.2) is 0 Å². The van der Waals surface area contributed by atoms with E-state index in [9.17, 15) is 33.2 Å². The van der Waals surface area contributed by atoms with Crippen LogP contribution in [0.2, 0.25) is 0 Å². The highest BCUT2D eigenvalue weighted by Crippen LogP contribution is 2.28. The van der Waals surface area contributed by atoms with Gasteiger partial charge in [-0.3, -0.25) is 28.8 Å². The Bertz CT molecular complexity index is 2040. The molecule has 1 aliphatic rings. The smallest absolute Gasteiger partial charge is 0.310 e. The number of hydrogen-bond donors (Lipinski definition) is 6. The molecule has 2 atom stereocenters. The monoisotopic (exact) mass is 932 g/mol. The summed E-state index contributed by atoms with van der Waals surface area (Å²) in [7, 11) is 0. The van der Waals surface area contributed by atoms with E-state index < -0.39 is 41.6 Å². The predicted molar refractivity (Wildman–Crippen MR) is 240 cm³/mol. The van der Waals surface area contributed by atoms with Crippen LogP contribution in [-0.2, 0) is 48.0 Å². The molecule has 63 heavy (non-hydrogen) atoms. The first-order chi connectivity index (χ1) is 29.8. The number of rotatable bonds is 13. The lowest BCUT2D eigenvalue weighted by Gasteiger charge is -2.08. The second-order valence-corrected chi connectivity index (χ2v) is 15.1. The lowest BCUT2D eigenvalue weighted by Crippen LogP contribution is -2.09. The molecule has 6 N–H and O–H groups in total. The van der Waals surface area contributed by atoms with Gasteiger partial charge in [0.2, 0.25) is 0 Å². The third-order valence-corrected chi connectivity index (χ3v) is 9.10. The minimum atomic E-state index is -0.949. The van der Waals surface area contributed by atoms with Crippen LogP contribution in [0.3, 0.4) is 0 Å². The van der Waals surface area contributed by atoms with Gasteiger partial charge in [0, 0.05) is 4.47 Å². The number of hydrogen-bond acceptors (Lipinski definition) is 6. The van der Waals surface area contributed by atoms with Crippen LogP contribution in [0.1, 0.15) is 84.7 Å². The molecule has 5 aromatic rings. The zero-order chi connectivity index (χ0) is 47.3. The van der Waals surface area contributed by atoms with Gasteiger partial charge in [0.1, 0.15) is 5.82 Å². The summed E-state index contributed by atoms with van der Waals surface area (Å²) in [5.41, 5.74) is 5.22. The summed E-state index contributed by atoms with van der Waals surface area (Å²) < 4.78 is 13.3. The molecule has 0 saturated heterocycles. The van der Waals surface area contributed by atoms with E-state index >= 15 is 0 Å². The molecular weight excluding hydrogens is 879 g/mol. The highest BCUT2D eigenvalue weighted by molar-refractivity contribution is 9.10. The Morgan fingerprint density at radius 3 is 1.40 bits per heavy atom. The largest absolute Gasteiger partial charge is 0.481 e. The molecule has 14 heteroatoms. The van der Waals surface area contributed by atoms with Crippen molar-refractivity contribution in [2.24, 2.45) is 5.92 Å². The van der Waals surface area contributed by atoms with Gasteiger partial charge in [0.05, 0.1) is 37.5 Å². The van der Waals surface area contributed by atoms with E-state index in [2.05, 4.69) is 15.9 Å². The maximum Gasteiger partial charge on any atom is 0.310 e. The van der Waals surface area contributed by atoms with E-state index in [0.29, 0.717) is 12.0 Å². The number of carboxylic acids is 6. The molecule has 0 radical (unpaired) electrons. The van der Waals surface area contributed by atoms with Crippen LogP contribution in [0.15, 0.2) is 138 Å². The fourth-order valence-electron chi connectivity index (χ4n) is 5.37. The Hall–Kier alpha value is -6.67. The molecule has 0 aromatic heterocycles. The summed E-state index contributed by atoms with van der Waals surface area (Å²) in [5.74, 6) is -5.29. The molecule has 0 heterocycles. The zero-order valence-electron chi connectivity index (χ0n) is 35.3. The highest BCUT2D eigenvalue weighted by atomic mass is 79.9. The van der Waals surface area contributed by atoms with E-state index in [4.69, 9.17) is 30.6 Å². The number of halogens is 2. The van der Waals surface area contributed by atoms with Crippen molar-refractivity contribution in [3.8, 4) is 0 Å². The lowest BCUT2D eigenvalue weighted by atomic mass is 9.97. The normalized spacial score (nSPS) is 11.7. The number of benzene rings is 5. The van der Waals surface area contributed by atoms with Crippen LogP contribution < -0.4 is 0 Å². The minimum Gasteiger partial charge on any atom is -0.481 e. The molecule has 0 bridgehead atoms. The summed E-state index contributed by atoms with van der Waals surface area (Å²) >= 11 is 3.26. The Balaban J connectivity index is 0.000000381. The third kappa shape index (κ3) is 27.0. The number of aryl methyl sites for hydroxylation is 1. The van der Waals surface area contributed by atoms with Crippen molar-refractivity contribution in [2.45, 2.75) is 77.6 Å². The topological polar surface area (TPSA) is 224 Å². The molecule has 1 aliphatic carbocycles. The van der Waals surface area contributed by atoms with Gasteiger partial charge in [-0.25, -0.2) is 4.39 Å².